The third kappa shape index (κ3) is 2.90. The minimum atomic E-state index is 0.326. The van der Waals surface area contributed by atoms with Crippen LogP contribution in [0.5, 0.6) is 0 Å². The molecule has 3 nitrogen and oxygen atoms in total. The summed E-state index contributed by atoms with van der Waals surface area (Å²) in [5.74, 6) is 0. The van der Waals surface area contributed by atoms with Gasteiger partial charge in [-0.15, -0.1) is 5.10 Å². The van der Waals surface area contributed by atoms with Crippen molar-refractivity contribution in [3.05, 3.63) is 23.2 Å². The molecule has 0 aliphatic heterocycles. The van der Waals surface area contributed by atoms with E-state index in [0.29, 0.717) is 6.04 Å². The van der Waals surface area contributed by atoms with Crippen LogP contribution in [-0.2, 0) is 0 Å². The van der Waals surface area contributed by atoms with Crippen LogP contribution in [0.25, 0.3) is 0 Å². The first kappa shape index (κ1) is 10.3. The Bertz CT molecular complexity index is 256. The Morgan fingerprint density at radius 3 is 3.00 bits per heavy atom. The van der Waals surface area contributed by atoms with Crippen molar-refractivity contribution >= 4 is 11.5 Å². The smallest absolute Gasteiger partial charge is 0.0669 e. The predicted molar refractivity (Wildman–Crippen MR) is 55.8 cm³/mol. The van der Waals surface area contributed by atoms with Crippen LogP contribution in [0.15, 0.2) is 18.3 Å². The molecule has 1 heterocycles. The lowest BCUT2D eigenvalue weighted by Crippen LogP contribution is -2.15. The number of aromatic nitrogens is 2. The molecule has 0 spiro atoms. The van der Waals surface area contributed by atoms with Crippen molar-refractivity contribution in [3.8, 4) is 0 Å². The van der Waals surface area contributed by atoms with E-state index >= 15 is 0 Å². The van der Waals surface area contributed by atoms with Crippen molar-refractivity contribution in [2.45, 2.75) is 25.8 Å². The lowest BCUT2D eigenvalue weighted by atomic mass is 10.1. The molecule has 72 valence electrons. The fraction of sp³-hybridized carbons (Fsp3) is 0.556. The number of nitrogens with one attached hydrogen (secondary N) is 1. The lowest BCUT2D eigenvalue weighted by molar-refractivity contribution is 0.591. The maximum Gasteiger partial charge on any atom is 0.0669 e. The van der Waals surface area contributed by atoms with Crippen LogP contribution in [0.2, 0.25) is 0 Å². The Balaban J connectivity index is 2.58. The highest BCUT2D eigenvalue weighted by atomic mass is 32.1. The van der Waals surface area contributed by atoms with E-state index in [4.69, 9.17) is 0 Å². The third-order valence-corrected chi connectivity index (χ3v) is 2.84. The molecule has 1 unspecified atom stereocenters. The molecule has 0 saturated heterocycles. The van der Waals surface area contributed by atoms with Gasteiger partial charge in [-0.3, -0.25) is 0 Å². The van der Waals surface area contributed by atoms with Gasteiger partial charge < -0.3 is 5.32 Å². The SMILES string of the molecule is C=C(CC)CC(NC)c1cnns1. The van der Waals surface area contributed by atoms with Gasteiger partial charge in [0, 0.05) is 6.04 Å². The van der Waals surface area contributed by atoms with E-state index < -0.39 is 0 Å². The minimum Gasteiger partial charge on any atom is -0.312 e. The fourth-order valence-corrected chi connectivity index (χ4v) is 1.72. The Hall–Kier alpha value is -0.740. The van der Waals surface area contributed by atoms with E-state index in [1.807, 2.05) is 13.2 Å². The van der Waals surface area contributed by atoms with Gasteiger partial charge in [0.05, 0.1) is 11.1 Å². The van der Waals surface area contributed by atoms with Crippen LogP contribution < -0.4 is 5.32 Å². The van der Waals surface area contributed by atoms with Gasteiger partial charge in [-0.2, -0.15) is 0 Å². The van der Waals surface area contributed by atoms with E-state index in [0.717, 1.165) is 12.8 Å². The van der Waals surface area contributed by atoms with Crippen LogP contribution in [0.1, 0.15) is 30.7 Å². The largest absolute Gasteiger partial charge is 0.312 e. The molecule has 0 amide bonds. The summed E-state index contributed by atoms with van der Waals surface area (Å²) in [4.78, 5) is 1.18. The summed E-state index contributed by atoms with van der Waals surface area (Å²) in [6.45, 7) is 6.12. The fourth-order valence-electron chi connectivity index (χ4n) is 1.11. The normalized spacial score (nSPS) is 12.8. The molecule has 0 aliphatic rings. The molecular formula is C9H15N3S. The van der Waals surface area contributed by atoms with Crippen molar-refractivity contribution < 1.29 is 0 Å². The molecule has 0 saturated carbocycles. The Morgan fingerprint density at radius 2 is 2.54 bits per heavy atom. The first-order chi connectivity index (χ1) is 6.27. The molecule has 0 bridgehead atoms. The van der Waals surface area contributed by atoms with Crippen LogP contribution >= 0.6 is 11.5 Å². The zero-order valence-electron chi connectivity index (χ0n) is 8.08. The summed E-state index contributed by atoms with van der Waals surface area (Å²) >= 11 is 1.44. The van der Waals surface area contributed by atoms with E-state index in [1.165, 1.54) is 22.0 Å². The van der Waals surface area contributed by atoms with Crippen molar-refractivity contribution in [2.24, 2.45) is 0 Å². The lowest BCUT2D eigenvalue weighted by Gasteiger charge is -2.13. The second-order valence-corrected chi connectivity index (χ2v) is 3.79. The molecule has 1 rings (SSSR count). The summed E-state index contributed by atoms with van der Waals surface area (Å²) in [5.41, 5.74) is 1.26. The summed E-state index contributed by atoms with van der Waals surface area (Å²) in [6.07, 6.45) is 3.82. The molecule has 0 fully saturated rings. The van der Waals surface area contributed by atoms with Gasteiger partial charge >= 0.3 is 0 Å². The molecule has 0 aliphatic carbocycles. The van der Waals surface area contributed by atoms with Crippen molar-refractivity contribution in [1.29, 1.82) is 0 Å². The second-order valence-electron chi connectivity index (χ2n) is 2.97. The molecule has 0 radical (unpaired) electrons. The number of nitrogens with zero attached hydrogens (tertiary/aromatic N) is 2. The first-order valence-electron chi connectivity index (χ1n) is 4.39. The number of rotatable bonds is 5. The van der Waals surface area contributed by atoms with Gasteiger partial charge in [0.15, 0.2) is 0 Å². The van der Waals surface area contributed by atoms with Gasteiger partial charge in [-0.1, -0.05) is 23.6 Å². The summed E-state index contributed by atoms with van der Waals surface area (Å²) in [5, 5.41) is 7.06. The summed E-state index contributed by atoms with van der Waals surface area (Å²) < 4.78 is 3.85. The van der Waals surface area contributed by atoms with E-state index in [9.17, 15) is 0 Å². The molecule has 1 N–H and O–H groups in total. The van der Waals surface area contributed by atoms with E-state index in [2.05, 4.69) is 28.4 Å². The Labute approximate surface area is 83.0 Å². The molecule has 13 heavy (non-hydrogen) atoms. The van der Waals surface area contributed by atoms with Gasteiger partial charge in [0.25, 0.3) is 0 Å². The second kappa shape index (κ2) is 5.09. The van der Waals surface area contributed by atoms with Gasteiger partial charge in [0.1, 0.15) is 0 Å². The van der Waals surface area contributed by atoms with Crippen LogP contribution in [0.4, 0.5) is 0 Å². The molecule has 1 aromatic heterocycles. The van der Waals surface area contributed by atoms with Crippen molar-refractivity contribution in [3.63, 3.8) is 0 Å². The minimum absolute atomic E-state index is 0.326. The predicted octanol–water partition coefficient (Wildman–Crippen LogP) is 2.15. The average molecular weight is 197 g/mol. The van der Waals surface area contributed by atoms with Gasteiger partial charge in [-0.05, 0) is 31.4 Å². The van der Waals surface area contributed by atoms with Crippen LogP contribution in [0, 0.1) is 0 Å². The molecule has 0 aromatic carbocycles. The maximum absolute atomic E-state index is 3.99. The van der Waals surface area contributed by atoms with Crippen molar-refractivity contribution in [1.82, 2.24) is 14.9 Å². The van der Waals surface area contributed by atoms with Crippen LogP contribution in [0.3, 0.4) is 0 Å². The third-order valence-electron chi connectivity index (χ3n) is 2.06. The monoisotopic (exact) mass is 197 g/mol. The molecular weight excluding hydrogens is 182 g/mol. The maximum atomic E-state index is 3.99. The van der Waals surface area contributed by atoms with Crippen molar-refractivity contribution in [2.75, 3.05) is 7.05 Å². The van der Waals surface area contributed by atoms with Gasteiger partial charge in [0.2, 0.25) is 0 Å². The number of hydrogen-bond acceptors (Lipinski definition) is 4. The molecule has 1 atom stereocenters. The highest BCUT2D eigenvalue weighted by molar-refractivity contribution is 7.05. The first-order valence-corrected chi connectivity index (χ1v) is 5.16. The zero-order valence-corrected chi connectivity index (χ0v) is 8.90. The van der Waals surface area contributed by atoms with E-state index in [1.54, 1.807) is 0 Å². The highest BCUT2D eigenvalue weighted by Gasteiger charge is 2.11. The van der Waals surface area contributed by atoms with Gasteiger partial charge in [-0.25, -0.2) is 0 Å². The standard InChI is InChI=1S/C9H15N3S/c1-4-7(2)5-8(10-3)9-6-11-12-13-9/h6,8,10H,2,4-5H2,1,3H3. The Kier molecular flexibility index (Phi) is 4.05. The Morgan fingerprint density at radius 1 is 1.77 bits per heavy atom. The molecule has 4 heteroatoms. The van der Waals surface area contributed by atoms with Crippen LogP contribution in [-0.4, -0.2) is 16.6 Å². The highest BCUT2D eigenvalue weighted by Crippen LogP contribution is 2.22. The zero-order chi connectivity index (χ0) is 9.68. The number of hydrogen-bond donors (Lipinski definition) is 1. The van der Waals surface area contributed by atoms with E-state index in [-0.39, 0.29) is 0 Å². The summed E-state index contributed by atoms with van der Waals surface area (Å²) in [7, 11) is 1.95. The summed E-state index contributed by atoms with van der Waals surface area (Å²) in [6, 6.07) is 0.326. The topological polar surface area (TPSA) is 37.8 Å². The average Bonchev–Trinajstić information content (AvgIpc) is 2.66. The molecule has 1 aromatic rings. The quantitative estimate of drug-likeness (QED) is 0.735.